The molecule has 0 spiro atoms. The average Bonchev–Trinajstić information content (AvgIpc) is 2.80. The number of nitrogens with one attached hydrogen (secondary N) is 1. The number of amides is 2. The van der Waals surface area contributed by atoms with Gasteiger partial charge in [-0.2, -0.15) is 5.01 Å². The first-order chi connectivity index (χ1) is 10.6. The molecule has 7 heteroatoms. The lowest BCUT2D eigenvalue weighted by atomic mass is 10.0. The number of fused-ring (bicyclic) bond motifs is 1. The molecule has 0 aliphatic carbocycles. The topological polar surface area (TPSA) is 82.1 Å². The van der Waals surface area contributed by atoms with E-state index in [2.05, 4.69) is 5.32 Å². The average molecular weight is 305 g/mol. The highest BCUT2D eigenvalue weighted by molar-refractivity contribution is 6.00. The van der Waals surface area contributed by atoms with Crippen molar-refractivity contribution in [3.8, 4) is 5.75 Å². The minimum atomic E-state index is -0.977. The van der Waals surface area contributed by atoms with E-state index >= 15 is 0 Å². The second kappa shape index (κ2) is 5.58. The van der Waals surface area contributed by atoms with E-state index in [0.717, 1.165) is 5.69 Å². The second-order valence-corrected chi connectivity index (χ2v) is 5.33. The van der Waals surface area contributed by atoms with Crippen LogP contribution in [0, 0.1) is 0 Å². The molecule has 2 aliphatic rings. The summed E-state index contributed by atoms with van der Waals surface area (Å²) >= 11 is 0. The first kappa shape index (κ1) is 14.8. The molecule has 2 heterocycles. The van der Waals surface area contributed by atoms with E-state index in [9.17, 15) is 14.7 Å². The number of piperidine rings is 1. The Balaban J connectivity index is 2.00. The van der Waals surface area contributed by atoms with Gasteiger partial charge in [0.25, 0.3) is 0 Å². The molecule has 1 fully saturated rings. The number of carbonyl (C=O) groups is 2. The van der Waals surface area contributed by atoms with Crippen LogP contribution in [-0.4, -0.2) is 41.6 Å². The second-order valence-electron chi connectivity index (χ2n) is 5.33. The first-order valence-electron chi connectivity index (χ1n) is 7.33. The molecule has 2 amide bonds. The Bertz CT molecular complexity index is 619. The molecule has 22 heavy (non-hydrogen) atoms. The van der Waals surface area contributed by atoms with Gasteiger partial charge in [0.2, 0.25) is 11.8 Å². The number of hydrazine groups is 1. The van der Waals surface area contributed by atoms with Gasteiger partial charge < -0.3 is 14.9 Å². The van der Waals surface area contributed by atoms with Crippen molar-refractivity contribution in [2.45, 2.75) is 32.0 Å². The number of nitrogens with zero attached hydrogens (tertiary/aromatic N) is 2. The van der Waals surface area contributed by atoms with Crippen molar-refractivity contribution in [2.24, 2.45) is 0 Å². The van der Waals surface area contributed by atoms with Crippen LogP contribution in [0.25, 0.3) is 0 Å². The lowest BCUT2D eigenvalue weighted by Gasteiger charge is -2.38. The lowest BCUT2D eigenvalue weighted by Crippen LogP contribution is -2.57. The van der Waals surface area contributed by atoms with Crippen LogP contribution in [0.4, 0.5) is 5.69 Å². The fourth-order valence-corrected chi connectivity index (χ4v) is 3.19. The third kappa shape index (κ3) is 2.13. The Hall–Kier alpha value is -2.12. The van der Waals surface area contributed by atoms with E-state index in [0.29, 0.717) is 24.3 Å². The molecule has 0 saturated carbocycles. The van der Waals surface area contributed by atoms with Crippen molar-refractivity contribution >= 4 is 17.5 Å². The molecule has 2 N–H and O–H groups in total. The summed E-state index contributed by atoms with van der Waals surface area (Å²) in [5, 5.41) is 16.6. The van der Waals surface area contributed by atoms with Gasteiger partial charge in [-0.25, -0.2) is 0 Å². The van der Waals surface area contributed by atoms with E-state index in [4.69, 9.17) is 4.74 Å². The zero-order chi connectivity index (χ0) is 15.9. The van der Waals surface area contributed by atoms with Gasteiger partial charge in [-0.3, -0.25) is 14.9 Å². The Morgan fingerprint density at radius 1 is 1.41 bits per heavy atom. The van der Waals surface area contributed by atoms with Crippen LogP contribution < -0.4 is 15.1 Å². The number of benzene rings is 1. The maximum atomic E-state index is 12.2. The van der Waals surface area contributed by atoms with Crippen LogP contribution in [0.2, 0.25) is 0 Å². The van der Waals surface area contributed by atoms with E-state index < -0.39 is 12.3 Å². The number of aliphatic hydroxyl groups is 1. The van der Waals surface area contributed by atoms with Gasteiger partial charge in [0.1, 0.15) is 11.8 Å². The summed E-state index contributed by atoms with van der Waals surface area (Å²) in [6.45, 7) is 2.54. The molecule has 3 rings (SSSR count). The molecule has 7 nitrogen and oxygen atoms in total. The lowest BCUT2D eigenvalue weighted by molar-refractivity contribution is -0.142. The van der Waals surface area contributed by atoms with E-state index in [1.807, 2.05) is 24.1 Å². The monoisotopic (exact) mass is 305 g/mol. The van der Waals surface area contributed by atoms with Crippen molar-refractivity contribution in [1.29, 1.82) is 0 Å². The summed E-state index contributed by atoms with van der Waals surface area (Å²) in [4.78, 5) is 23.5. The predicted molar refractivity (Wildman–Crippen MR) is 79.0 cm³/mol. The SMILES string of the molecule is CCN1c2cccc(OC)c2C(O)N1C1CCC(=O)NC1=O. The number of rotatable bonds is 3. The molecule has 0 bridgehead atoms. The molecular formula is C15H19N3O4. The number of imide groups is 1. The fraction of sp³-hybridized carbons (Fsp3) is 0.467. The van der Waals surface area contributed by atoms with Crippen molar-refractivity contribution in [2.75, 3.05) is 18.7 Å². The summed E-state index contributed by atoms with van der Waals surface area (Å²) in [5.41, 5.74) is 1.47. The largest absolute Gasteiger partial charge is 0.496 e. The highest BCUT2D eigenvalue weighted by Crippen LogP contribution is 2.45. The maximum Gasteiger partial charge on any atom is 0.245 e. The van der Waals surface area contributed by atoms with Crippen molar-refractivity contribution in [3.05, 3.63) is 23.8 Å². The van der Waals surface area contributed by atoms with Gasteiger partial charge >= 0.3 is 0 Å². The van der Waals surface area contributed by atoms with E-state index in [1.165, 1.54) is 0 Å². The van der Waals surface area contributed by atoms with Crippen molar-refractivity contribution < 1.29 is 19.4 Å². The Labute approximate surface area is 128 Å². The molecule has 2 aliphatic heterocycles. The molecular weight excluding hydrogens is 286 g/mol. The van der Waals surface area contributed by atoms with Crippen LogP contribution >= 0.6 is 0 Å². The van der Waals surface area contributed by atoms with Crippen molar-refractivity contribution in [3.63, 3.8) is 0 Å². The third-order valence-corrected chi connectivity index (χ3v) is 4.16. The summed E-state index contributed by atoms with van der Waals surface area (Å²) in [5.74, 6) is -0.0631. The zero-order valence-corrected chi connectivity index (χ0v) is 12.6. The minimum Gasteiger partial charge on any atom is -0.496 e. The van der Waals surface area contributed by atoms with Gasteiger partial charge in [0.15, 0.2) is 6.23 Å². The Morgan fingerprint density at radius 3 is 2.82 bits per heavy atom. The molecule has 0 aromatic heterocycles. The fourth-order valence-electron chi connectivity index (χ4n) is 3.19. The van der Waals surface area contributed by atoms with Crippen LogP contribution in [0.1, 0.15) is 31.6 Å². The number of ether oxygens (including phenoxy) is 1. The molecule has 1 saturated heterocycles. The minimum absolute atomic E-state index is 0.269. The molecule has 1 aromatic carbocycles. The summed E-state index contributed by atoms with van der Waals surface area (Å²) in [7, 11) is 1.55. The van der Waals surface area contributed by atoms with Gasteiger partial charge in [0, 0.05) is 13.0 Å². The Kier molecular flexibility index (Phi) is 3.76. The van der Waals surface area contributed by atoms with Gasteiger partial charge in [-0.05, 0) is 25.5 Å². The van der Waals surface area contributed by atoms with E-state index in [-0.39, 0.29) is 18.2 Å². The first-order valence-corrected chi connectivity index (χ1v) is 7.33. The number of aliphatic hydroxyl groups excluding tert-OH is 1. The molecule has 2 atom stereocenters. The summed E-state index contributed by atoms with van der Waals surface area (Å²) in [6, 6.07) is 4.94. The molecule has 1 aromatic rings. The zero-order valence-electron chi connectivity index (χ0n) is 12.6. The molecule has 2 unspecified atom stereocenters. The van der Waals surface area contributed by atoms with Crippen molar-refractivity contribution in [1.82, 2.24) is 10.3 Å². The van der Waals surface area contributed by atoms with Gasteiger partial charge in [0.05, 0.1) is 18.4 Å². The smallest absolute Gasteiger partial charge is 0.245 e. The standard InChI is InChI=1S/C15H19N3O4/c1-3-17-9-5-4-6-11(22-2)13(9)15(21)18(17)10-7-8-12(19)16-14(10)20/h4-6,10,15,21H,3,7-8H2,1-2H3,(H,16,19,20). The maximum absolute atomic E-state index is 12.2. The van der Waals surface area contributed by atoms with Gasteiger partial charge in [-0.1, -0.05) is 6.07 Å². The molecule has 118 valence electrons. The number of carbonyl (C=O) groups excluding carboxylic acids is 2. The summed E-state index contributed by atoms with van der Waals surface area (Å²) in [6.07, 6.45) is -0.325. The highest BCUT2D eigenvalue weighted by Gasteiger charge is 2.45. The van der Waals surface area contributed by atoms with Gasteiger partial charge in [-0.15, -0.1) is 0 Å². The summed E-state index contributed by atoms with van der Waals surface area (Å²) < 4.78 is 5.33. The van der Waals surface area contributed by atoms with E-state index in [1.54, 1.807) is 18.2 Å². The number of anilines is 1. The van der Waals surface area contributed by atoms with Crippen LogP contribution in [0.5, 0.6) is 5.75 Å². The third-order valence-electron chi connectivity index (χ3n) is 4.16. The predicted octanol–water partition coefficient (Wildman–Crippen LogP) is 0.548. The molecule has 0 radical (unpaired) electrons. The highest BCUT2D eigenvalue weighted by atomic mass is 16.5. The normalized spacial score (nSPS) is 25.1. The number of methoxy groups -OCH3 is 1. The van der Waals surface area contributed by atoms with Crippen LogP contribution in [0.15, 0.2) is 18.2 Å². The number of hydrogen-bond donors (Lipinski definition) is 2. The van der Waals surface area contributed by atoms with Crippen LogP contribution in [-0.2, 0) is 9.59 Å². The number of hydrogen-bond acceptors (Lipinski definition) is 6. The van der Waals surface area contributed by atoms with Crippen LogP contribution in [0.3, 0.4) is 0 Å². The quantitative estimate of drug-likeness (QED) is 0.794. The Morgan fingerprint density at radius 2 is 2.18 bits per heavy atom.